The fraction of sp³-hybridized carbons (Fsp3) is 0.467. The summed E-state index contributed by atoms with van der Waals surface area (Å²) in [6, 6.07) is 1.92. The van der Waals surface area contributed by atoms with Crippen LogP contribution < -0.4 is 4.90 Å². The first kappa shape index (κ1) is 15.1. The largest absolute Gasteiger partial charge is 0.469 e. The van der Waals surface area contributed by atoms with Crippen LogP contribution in [0.4, 0.5) is 5.82 Å². The third-order valence-electron chi connectivity index (χ3n) is 3.92. The summed E-state index contributed by atoms with van der Waals surface area (Å²) in [5.41, 5.74) is 1.54. The van der Waals surface area contributed by atoms with Crippen LogP contribution in [0.15, 0.2) is 23.1 Å². The highest BCUT2D eigenvalue weighted by Gasteiger charge is 2.31. The molecule has 22 heavy (non-hydrogen) atoms. The Kier molecular flexibility index (Phi) is 4.24. The molecule has 2 atom stereocenters. The van der Waals surface area contributed by atoms with Gasteiger partial charge >= 0.3 is 5.97 Å². The summed E-state index contributed by atoms with van der Waals surface area (Å²) in [6.07, 6.45) is 4.11. The number of hydrogen-bond donors (Lipinski definition) is 0. The molecule has 0 radical (unpaired) electrons. The molecule has 3 rings (SSSR count). The van der Waals surface area contributed by atoms with Gasteiger partial charge in [0.15, 0.2) is 5.82 Å². The van der Waals surface area contributed by atoms with Crippen LogP contribution in [-0.4, -0.2) is 41.1 Å². The molecule has 0 bridgehead atoms. The van der Waals surface area contributed by atoms with Gasteiger partial charge < -0.3 is 9.64 Å². The minimum Gasteiger partial charge on any atom is -0.469 e. The first-order chi connectivity index (χ1) is 10.6. The number of methoxy groups -OCH3 is 1. The molecule has 1 aliphatic heterocycles. The number of anilines is 1. The molecule has 116 valence electrons. The van der Waals surface area contributed by atoms with Gasteiger partial charge in [-0.05, 0) is 34.3 Å². The van der Waals surface area contributed by atoms with Crippen molar-refractivity contribution in [3.63, 3.8) is 0 Å². The van der Waals surface area contributed by atoms with E-state index in [0.717, 1.165) is 34.3 Å². The molecule has 1 aliphatic rings. The van der Waals surface area contributed by atoms with E-state index in [2.05, 4.69) is 42.7 Å². The third-order valence-corrected chi connectivity index (χ3v) is 4.35. The van der Waals surface area contributed by atoms with E-state index in [1.54, 1.807) is 6.20 Å². The Bertz CT molecular complexity index is 709. The lowest BCUT2D eigenvalue weighted by molar-refractivity contribution is -0.146. The first-order valence-electron chi connectivity index (χ1n) is 7.17. The first-order valence-corrected chi connectivity index (χ1v) is 7.97. The minimum absolute atomic E-state index is 0.130. The van der Waals surface area contributed by atoms with Crippen LogP contribution in [0.3, 0.4) is 0 Å². The highest BCUT2D eigenvalue weighted by atomic mass is 79.9. The van der Waals surface area contributed by atoms with Crippen molar-refractivity contribution in [3.05, 3.63) is 23.1 Å². The number of rotatable bonds is 2. The number of aromatic nitrogens is 3. The molecule has 0 spiro atoms. The van der Waals surface area contributed by atoms with Gasteiger partial charge in [-0.1, -0.05) is 6.92 Å². The van der Waals surface area contributed by atoms with Gasteiger partial charge in [0.25, 0.3) is 0 Å². The summed E-state index contributed by atoms with van der Waals surface area (Å²) in [6.45, 7) is 3.58. The Morgan fingerprint density at radius 1 is 1.36 bits per heavy atom. The van der Waals surface area contributed by atoms with Crippen LogP contribution in [0.5, 0.6) is 0 Å². The van der Waals surface area contributed by atoms with Gasteiger partial charge in [-0.2, -0.15) is 0 Å². The maximum atomic E-state index is 11.9. The highest BCUT2D eigenvalue weighted by Crippen LogP contribution is 2.29. The van der Waals surface area contributed by atoms with E-state index >= 15 is 0 Å². The van der Waals surface area contributed by atoms with Gasteiger partial charge in [0.1, 0.15) is 11.8 Å². The monoisotopic (exact) mass is 364 g/mol. The van der Waals surface area contributed by atoms with E-state index < -0.39 is 0 Å². The predicted octanol–water partition coefficient (Wildman–Crippen LogP) is 2.42. The number of esters is 1. The second-order valence-corrected chi connectivity index (χ2v) is 6.60. The summed E-state index contributed by atoms with van der Waals surface area (Å²) in [4.78, 5) is 27.1. The molecule has 2 aromatic rings. The Balaban J connectivity index is 1.97. The Morgan fingerprint density at radius 2 is 2.18 bits per heavy atom. The van der Waals surface area contributed by atoms with E-state index in [4.69, 9.17) is 4.74 Å². The van der Waals surface area contributed by atoms with Crippen molar-refractivity contribution in [2.24, 2.45) is 11.8 Å². The highest BCUT2D eigenvalue weighted by molar-refractivity contribution is 9.10. The predicted molar refractivity (Wildman–Crippen MR) is 86.5 cm³/mol. The Morgan fingerprint density at radius 3 is 2.95 bits per heavy atom. The van der Waals surface area contributed by atoms with E-state index in [0.29, 0.717) is 12.5 Å². The van der Waals surface area contributed by atoms with Crippen LogP contribution >= 0.6 is 15.9 Å². The average Bonchev–Trinajstić information content (AvgIpc) is 2.52. The van der Waals surface area contributed by atoms with Crippen LogP contribution in [0.1, 0.15) is 13.3 Å². The fourth-order valence-corrected chi connectivity index (χ4v) is 3.32. The third kappa shape index (κ3) is 2.90. The molecule has 2 aromatic heterocycles. The molecule has 0 aliphatic carbocycles. The maximum absolute atomic E-state index is 11.9. The van der Waals surface area contributed by atoms with Crippen LogP contribution in [0.25, 0.3) is 11.0 Å². The molecule has 0 amide bonds. The van der Waals surface area contributed by atoms with Crippen molar-refractivity contribution in [2.45, 2.75) is 13.3 Å². The molecule has 2 unspecified atom stereocenters. The van der Waals surface area contributed by atoms with Crippen molar-refractivity contribution < 1.29 is 9.53 Å². The Hall–Kier alpha value is -1.76. The number of carbonyl (C=O) groups excluding carboxylic acids is 1. The average molecular weight is 365 g/mol. The zero-order valence-electron chi connectivity index (χ0n) is 12.5. The van der Waals surface area contributed by atoms with Crippen molar-refractivity contribution in [3.8, 4) is 0 Å². The number of hydrogen-bond acceptors (Lipinski definition) is 6. The molecule has 0 aromatic carbocycles. The van der Waals surface area contributed by atoms with Crippen LogP contribution in [0, 0.1) is 11.8 Å². The molecule has 1 fully saturated rings. The number of halogens is 1. The molecule has 3 heterocycles. The minimum atomic E-state index is -0.161. The van der Waals surface area contributed by atoms with E-state index in [1.807, 2.05) is 6.07 Å². The summed E-state index contributed by atoms with van der Waals surface area (Å²) in [7, 11) is 1.44. The van der Waals surface area contributed by atoms with Crippen molar-refractivity contribution >= 4 is 38.8 Å². The lowest BCUT2D eigenvalue weighted by Gasteiger charge is -2.36. The van der Waals surface area contributed by atoms with Gasteiger partial charge in [-0.25, -0.2) is 15.0 Å². The van der Waals surface area contributed by atoms with E-state index in [9.17, 15) is 4.79 Å². The second-order valence-electron chi connectivity index (χ2n) is 5.68. The number of ether oxygens (including phenoxy) is 1. The number of pyridine rings is 1. The SMILES string of the molecule is COC(=O)C1CC(C)CN(c2ncnc3cc(Br)cnc23)C1. The number of carbonyl (C=O) groups is 1. The number of fused-ring (bicyclic) bond motifs is 1. The maximum Gasteiger partial charge on any atom is 0.310 e. The molecule has 0 saturated carbocycles. The summed E-state index contributed by atoms with van der Waals surface area (Å²) in [5.74, 6) is 0.871. The molecular formula is C15H17BrN4O2. The summed E-state index contributed by atoms with van der Waals surface area (Å²) >= 11 is 3.40. The number of piperidine rings is 1. The molecule has 0 N–H and O–H groups in total. The van der Waals surface area contributed by atoms with Crippen molar-refractivity contribution in [2.75, 3.05) is 25.1 Å². The number of nitrogens with zero attached hydrogens (tertiary/aromatic N) is 4. The molecular weight excluding hydrogens is 348 g/mol. The van der Waals surface area contributed by atoms with Crippen LogP contribution in [-0.2, 0) is 9.53 Å². The summed E-state index contributed by atoms with van der Waals surface area (Å²) < 4.78 is 5.78. The molecule has 6 nitrogen and oxygen atoms in total. The fourth-order valence-electron chi connectivity index (χ4n) is 3.00. The van der Waals surface area contributed by atoms with E-state index in [-0.39, 0.29) is 11.9 Å². The van der Waals surface area contributed by atoms with Crippen molar-refractivity contribution in [1.29, 1.82) is 0 Å². The molecule has 7 heteroatoms. The second kappa shape index (κ2) is 6.16. The topological polar surface area (TPSA) is 68.2 Å². The standard InChI is InChI=1S/C15H17BrN4O2/c1-9-3-10(15(21)22-2)7-20(6-9)14-13-12(18-8-19-14)4-11(16)5-17-13/h4-5,8-10H,3,6-7H2,1-2H3. The smallest absolute Gasteiger partial charge is 0.310 e. The van der Waals surface area contributed by atoms with Crippen molar-refractivity contribution in [1.82, 2.24) is 15.0 Å². The molecule has 1 saturated heterocycles. The Labute approximate surface area is 137 Å². The van der Waals surface area contributed by atoms with Gasteiger partial charge in [0.05, 0.1) is 18.5 Å². The normalized spacial score (nSPS) is 21.9. The van der Waals surface area contributed by atoms with Gasteiger partial charge in [-0.3, -0.25) is 4.79 Å². The zero-order chi connectivity index (χ0) is 15.7. The summed E-state index contributed by atoms with van der Waals surface area (Å²) in [5, 5.41) is 0. The quantitative estimate of drug-likeness (QED) is 0.762. The lowest BCUT2D eigenvalue weighted by atomic mass is 9.90. The van der Waals surface area contributed by atoms with E-state index in [1.165, 1.54) is 13.4 Å². The lowest BCUT2D eigenvalue weighted by Crippen LogP contribution is -2.43. The van der Waals surface area contributed by atoms with Gasteiger partial charge in [-0.15, -0.1) is 0 Å². The van der Waals surface area contributed by atoms with Gasteiger partial charge in [0, 0.05) is 23.8 Å². The van der Waals surface area contributed by atoms with Crippen LogP contribution in [0.2, 0.25) is 0 Å². The van der Waals surface area contributed by atoms with Gasteiger partial charge in [0.2, 0.25) is 0 Å². The zero-order valence-corrected chi connectivity index (χ0v) is 14.1.